The molecule has 0 rings (SSSR count). The molecule has 0 saturated heterocycles. The van der Waals surface area contributed by atoms with Gasteiger partial charge < -0.3 is 0 Å². The third-order valence-electron chi connectivity index (χ3n) is 3.51. The second-order valence-electron chi connectivity index (χ2n) is 5.32. The molecule has 0 spiro atoms. The minimum Gasteiger partial charge on any atom is -0.103 e. The van der Waals surface area contributed by atoms with Gasteiger partial charge in [0.1, 0.15) is 0 Å². The summed E-state index contributed by atoms with van der Waals surface area (Å²) in [5, 5.41) is 0. The molecular weight excluding hydrogens is 220 g/mol. The largest absolute Gasteiger partial charge is 0.103 e. The summed E-state index contributed by atoms with van der Waals surface area (Å²) in [6.07, 6.45) is 20.8. The maximum absolute atomic E-state index is 3.76. The Bertz CT molecular complexity index is 142. The molecule has 1 heteroatoms. The Hall–Kier alpha value is -0.0431. The first-order chi connectivity index (χ1) is 8.41. The highest BCUT2D eigenvalue weighted by molar-refractivity contribution is 6.08. The van der Waals surface area contributed by atoms with Gasteiger partial charge in [-0.15, -0.1) is 6.58 Å². The highest BCUT2D eigenvalue weighted by Gasteiger charge is 1.93. The zero-order valence-electron chi connectivity index (χ0n) is 12.2. The van der Waals surface area contributed by atoms with Gasteiger partial charge in [0.25, 0.3) is 0 Å². The minimum absolute atomic E-state index is 1.21. The molecule has 0 unspecified atom stereocenters. The Morgan fingerprint density at radius 1 is 0.588 bits per heavy atom. The molecule has 0 nitrogen and oxygen atoms in total. The molecule has 0 heterocycles. The average molecular weight is 255 g/mol. The number of allylic oxidation sites excluding steroid dienone is 1. The van der Waals surface area contributed by atoms with Crippen LogP contribution < -0.4 is 0 Å². The lowest BCUT2D eigenvalue weighted by molar-refractivity contribution is 0.545. The molecule has 0 aromatic carbocycles. The van der Waals surface area contributed by atoms with Crippen LogP contribution in [0.25, 0.3) is 0 Å². The molecule has 0 aromatic heterocycles. The monoisotopic (exact) mass is 254 g/mol. The Balaban J connectivity index is 2.87. The van der Waals surface area contributed by atoms with E-state index in [4.69, 9.17) is 0 Å². The molecule has 0 aliphatic rings. The van der Waals surface area contributed by atoms with E-state index in [9.17, 15) is 0 Å². The van der Waals surface area contributed by atoms with E-state index < -0.39 is 0 Å². The summed E-state index contributed by atoms with van der Waals surface area (Å²) in [5.74, 6) is 0. The number of rotatable bonds is 14. The predicted octanol–water partition coefficient (Wildman–Crippen LogP) is 5.03. The van der Waals surface area contributed by atoms with Crippen molar-refractivity contribution in [2.24, 2.45) is 0 Å². The van der Waals surface area contributed by atoms with Gasteiger partial charge in [-0.2, -0.15) is 0 Å². The zero-order chi connectivity index (χ0) is 12.6. The van der Waals surface area contributed by atoms with Crippen LogP contribution in [-0.2, 0) is 0 Å². The lowest BCUT2D eigenvalue weighted by atomic mass is 10.0. The van der Waals surface area contributed by atoms with Gasteiger partial charge in [0, 0.05) is 10.2 Å². The first-order valence-corrected chi connectivity index (χ1v) is 9.44. The Labute approximate surface area is 113 Å². The molecule has 17 heavy (non-hydrogen) atoms. The van der Waals surface area contributed by atoms with Gasteiger partial charge in [0.15, 0.2) is 0 Å². The fourth-order valence-electron chi connectivity index (χ4n) is 2.31. The van der Waals surface area contributed by atoms with Crippen LogP contribution in [0.4, 0.5) is 0 Å². The topological polar surface area (TPSA) is 0 Å². The molecule has 0 aliphatic heterocycles. The van der Waals surface area contributed by atoms with Gasteiger partial charge in [0.05, 0.1) is 0 Å². The molecular formula is C16H34Si. The van der Waals surface area contributed by atoms with Crippen molar-refractivity contribution >= 4 is 10.2 Å². The molecule has 0 atom stereocenters. The van der Waals surface area contributed by atoms with E-state index in [1.165, 1.54) is 99.8 Å². The molecule has 102 valence electrons. The van der Waals surface area contributed by atoms with Crippen molar-refractivity contribution in [1.29, 1.82) is 0 Å². The molecule has 0 fully saturated rings. The standard InChI is InChI=1S/C16H34Si/c1-2-3-4-5-6-7-8-9-10-11-12-13-14-15-16-17/h2H,1,3-16H2,17H3. The first kappa shape index (κ1) is 17.0. The van der Waals surface area contributed by atoms with Gasteiger partial charge in [-0.25, -0.2) is 0 Å². The summed E-state index contributed by atoms with van der Waals surface area (Å²) in [7, 11) is 1.40. The first-order valence-electron chi connectivity index (χ1n) is 8.02. The molecule has 0 radical (unpaired) electrons. The van der Waals surface area contributed by atoms with E-state index in [1.54, 1.807) is 0 Å². The maximum atomic E-state index is 3.76. The van der Waals surface area contributed by atoms with Crippen molar-refractivity contribution in [1.82, 2.24) is 0 Å². The van der Waals surface area contributed by atoms with Crippen molar-refractivity contribution in [3.8, 4) is 0 Å². The normalized spacial score (nSPS) is 10.8. The van der Waals surface area contributed by atoms with Crippen molar-refractivity contribution < 1.29 is 0 Å². The van der Waals surface area contributed by atoms with Gasteiger partial charge in [-0.3, -0.25) is 0 Å². The van der Waals surface area contributed by atoms with Crippen LogP contribution in [-0.4, -0.2) is 10.2 Å². The fraction of sp³-hybridized carbons (Fsp3) is 0.875. The van der Waals surface area contributed by atoms with Gasteiger partial charge in [-0.05, 0) is 12.8 Å². The summed E-state index contributed by atoms with van der Waals surface area (Å²) in [5.41, 5.74) is 0. The van der Waals surface area contributed by atoms with E-state index >= 15 is 0 Å². The molecule has 0 saturated carbocycles. The van der Waals surface area contributed by atoms with E-state index in [2.05, 4.69) is 6.58 Å². The summed E-state index contributed by atoms with van der Waals surface area (Å²) in [4.78, 5) is 0. The molecule has 0 N–H and O–H groups in total. The van der Waals surface area contributed by atoms with E-state index in [-0.39, 0.29) is 0 Å². The summed E-state index contributed by atoms with van der Waals surface area (Å²) >= 11 is 0. The van der Waals surface area contributed by atoms with Gasteiger partial charge in [0.2, 0.25) is 0 Å². The van der Waals surface area contributed by atoms with Crippen molar-refractivity contribution in [2.45, 2.75) is 89.5 Å². The third kappa shape index (κ3) is 16.0. The SMILES string of the molecule is C=CCCCCCCCCCCCCCC[SiH3]. The van der Waals surface area contributed by atoms with Crippen molar-refractivity contribution in [3.63, 3.8) is 0 Å². The highest BCUT2D eigenvalue weighted by atomic mass is 28.1. The number of hydrogen-bond acceptors (Lipinski definition) is 0. The number of unbranched alkanes of at least 4 members (excludes halogenated alkanes) is 12. The van der Waals surface area contributed by atoms with Gasteiger partial charge in [-0.1, -0.05) is 82.7 Å². The lowest BCUT2D eigenvalue weighted by Crippen LogP contribution is -1.82. The number of hydrogen-bond donors (Lipinski definition) is 0. The van der Waals surface area contributed by atoms with Crippen molar-refractivity contribution in [3.05, 3.63) is 12.7 Å². The Kier molecular flexibility index (Phi) is 15.9. The predicted molar refractivity (Wildman–Crippen MR) is 85.0 cm³/mol. The Morgan fingerprint density at radius 2 is 0.941 bits per heavy atom. The average Bonchev–Trinajstić information content (AvgIpc) is 2.35. The lowest BCUT2D eigenvalue weighted by Gasteiger charge is -2.02. The highest BCUT2D eigenvalue weighted by Crippen LogP contribution is 2.12. The second kappa shape index (κ2) is 16.0. The molecule has 0 bridgehead atoms. The minimum atomic E-state index is 1.21. The quantitative estimate of drug-likeness (QED) is 0.232. The van der Waals surface area contributed by atoms with Crippen LogP contribution in [0.15, 0.2) is 12.7 Å². The van der Waals surface area contributed by atoms with Crippen LogP contribution in [0, 0.1) is 0 Å². The smallest absolute Gasteiger partial charge is 0.00279 e. The molecule has 0 aromatic rings. The van der Waals surface area contributed by atoms with E-state index in [1.807, 2.05) is 6.08 Å². The van der Waals surface area contributed by atoms with E-state index in [0.717, 1.165) is 0 Å². The van der Waals surface area contributed by atoms with Crippen LogP contribution in [0.2, 0.25) is 6.04 Å². The van der Waals surface area contributed by atoms with Crippen LogP contribution in [0.3, 0.4) is 0 Å². The van der Waals surface area contributed by atoms with E-state index in [0.29, 0.717) is 0 Å². The van der Waals surface area contributed by atoms with Crippen LogP contribution >= 0.6 is 0 Å². The van der Waals surface area contributed by atoms with Crippen LogP contribution in [0.1, 0.15) is 83.5 Å². The summed E-state index contributed by atoms with van der Waals surface area (Å²) in [6, 6.07) is 1.51. The molecule has 0 aliphatic carbocycles. The summed E-state index contributed by atoms with van der Waals surface area (Å²) < 4.78 is 0. The maximum Gasteiger partial charge on any atom is 0.00279 e. The second-order valence-corrected chi connectivity index (χ2v) is 6.32. The third-order valence-corrected chi connectivity index (χ3v) is 4.22. The fourth-order valence-corrected chi connectivity index (χ4v) is 2.81. The van der Waals surface area contributed by atoms with Crippen LogP contribution in [0.5, 0.6) is 0 Å². The molecule has 0 amide bonds. The zero-order valence-corrected chi connectivity index (χ0v) is 14.2. The van der Waals surface area contributed by atoms with Gasteiger partial charge >= 0.3 is 0 Å². The Morgan fingerprint density at radius 3 is 1.29 bits per heavy atom. The summed E-state index contributed by atoms with van der Waals surface area (Å²) in [6.45, 7) is 3.76. The van der Waals surface area contributed by atoms with Crippen molar-refractivity contribution in [2.75, 3.05) is 0 Å².